The molecule has 0 spiro atoms. The molecule has 1 aliphatic heterocycles. The molecule has 1 heterocycles. The van der Waals surface area contributed by atoms with Crippen LogP contribution in [0.2, 0.25) is 0 Å². The zero-order chi connectivity index (χ0) is 20.1. The Morgan fingerprint density at radius 3 is 1.97 bits per heavy atom. The molecule has 144 valence electrons. The van der Waals surface area contributed by atoms with Crippen molar-refractivity contribution >= 4 is 17.1 Å². The predicted octanol–water partition coefficient (Wildman–Crippen LogP) is 4.46. The first-order valence-corrected chi connectivity index (χ1v) is 9.91. The van der Waals surface area contributed by atoms with Crippen molar-refractivity contribution in [2.45, 2.75) is 0 Å². The van der Waals surface area contributed by atoms with Crippen LogP contribution in [0.4, 0.5) is 11.4 Å². The fourth-order valence-electron chi connectivity index (χ4n) is 3.59. The van der Waals surface area contributed by atoms with Crippen molar-refractivity contribution in [2.24, 2.45) is 0 Å². The molecule has 3 aromatic rings. The monoisotopic (exact) mass is 379 g/mol. The van der Waals surface area contributed by atoms with E-state index in [1.807, 2.05) is 48.5 Å². The van der Waals surface area contributed by atoms with Gasteiger partial charge in [0.25, 0.3) is 0 Å². The normalized spacial score (nSPS) is 13.5. The number of nitrogens with zero attached hydrogens (tertiary/aromatic N) is 2. The van der Waals surface area contributed by atoms with E-state index in [0.717, 1.165) is 59.9 Å². The lowest BCUT2D eigenvalue weighted by atomic mass is 10.1. The van der Waals surface area contributed by atoms with E-state index >= 15 is 0 Å². The summed E-state index contributed by atoms with van der Waals surface area (Å²) in [6, 6.07) is 26.5. The summed E-state index contributed by atoms with van der Waals surface area (Å²) in [7, 11) is 0. The first-order chi connectivity index (χ1) is 14.2. The fraction of sp³-hybridized carbons (Fsp3) is 0.154. The second-order valence-electron chi connectivity index (χ2n) is 7.17. The Kier molecular flexibility index (Phi) is 5.54. The molecule has 3 nitrogen and oxygen atoms in total. The summed E-state index contributed by atoms with van der Waals surface area (Å²) in [5, 5.41) is 0. The maximum atomic E-state index is 6.13. The lowest BCUT2D eigenvalue weighted by Crippen LogP contribution is -2.45. The van der Waals surface area contributed by atoms with Crippen molar-refractivity contribution in [2.75, 3.05) is 36.8 Å². The Morgan fingerprint density at radius 2 is 1.31 bits per heavy atom. The highest BCUT2D eigenvalue weighted by Crippen LogP contribution is 2.26. The van der Waals surface area contributed by atoms with Crippen LogP contribution < -0.4 is 10.6 Å². The molecule has 0 aliphatic carbocycles. The van der Waals surface area contributed by atoms with Gasteiger partial charge in [0.05, 0.1) is 11.4 Å². The minimum absolute atomic E-state index is 0.840. The molecule has 0 amide bonds. The smallest absolute Gasteiger partial charge is 0.0601 e. The number of nitrogens with two attached hydrogens (primary N) is 1. The maximum Gasteiger partial charge on any atom is 0.0601 e. The molecule has 0 atom stereocenters. The lowest BCUT2D eigenvalue weighted by molar-refractivity contribution is 0.368. The number of hydrogen-bond donors (Lipinski definition) is 1. The first-order valence-electron chi connectivity index (χ1n) is 9.91. The van der Waals surface area contributed by atoms with Crippen LogP contribution in [-0.4, -0.2) is 31.1 Å². The molecule has 1 aliphatic rings. The standard InChI is InChI=1S/C26H25N3/c1-21(28-17-19-29(20-18-28)26-10-6-5-9-25(26)27)24-15-13-23(14-16-24)12-11-22-7-3-2-4-8-22/h2-10,13-16H,1,17-20,27H2. The molecule has 0 unspecified atom stereocenters. The van der Waals surface area contributed by atoms with Crippen molar-refractivity contribution in [3.63, 3.8) is 0 Å². The first kappa shape index (κ1) is 18.7. The van der Waals surface area contributed by atoms with Gasteiger partial charge in [0.1, 0.15) is 0 Å². The Hall–Kier alpha value is -3.64. The Balaban J connectivity index is 1.38. The van der Waals surface area contributed by atoms with Gasteiger partial charge in [-0.05, 0) is 42.0 Å². The molecule has 1 saturated heterocycles. The van der Waals surface area contributed by atoms with E-state index in [1.54, 1.807) is 0 Å². The van der Waals surface area contributed by atoms with E-state index in [9.17, 15) is 0 Å². The van der Waals surface area contributed by atoms with Gasteiger partial charge in [-0.2, -0.15) is 0 Å². The fourth-order valence-corrected chi connectivity index (χ4v) is 3.59. The summed E-state index contributed by atoms with van der Waals surface area (Å²) >= 11 is 0. The van der Waals surface area contributed by atoms with Gasteiger partial charge in [0.2, 0.25) is 0 Å². The van der Waals surface area contributed by atoms with Crippen LogP contribution >= 0.6 is 0 Å². The zero-order valence-corrected chi connectivity index (χ0v) is 16.5. The van der Waals surface area contributed by atoms with Gasteiger partial charge >= 0.3 is 0 Å². The Morgan fingerprint density at radius 1 is 0.724 bits per heavy atom. The minimum atomic E-state index is 0.840. The summed E-state index contributed by atoms with van der Waals surface area (Å²) in [4.78, 5) is 4.70. The molecule has 0 aromatic heterocycles. The van der Waals surface area contributed by atoms with Gasteiger partial charge < -0.3 is 15.5 Å². The largest absolute Gasteiger partial charge is 0.397 e. The summed E-state index contributed by atoms with van der Waals surface area (Å²) in [5.74, 6) is 6.42. The van der Waals surface area contributed by atoms with Crippen LogP contribution in [0.1, 0.15) is 16.7 Å². The summed E-state index contributed by atoms with van der Waals surface area (Å²) in [5.41, 5.74) is 12.3. The molecule has 1 fully saturated rings. The van der Waals surface area contributed by atoms with Crippen LogP contribution in [0.25, 0.3) is 5.70 Å². The van der Waals surface area contributed by atoms with Crippen molar-refractivity contribution in [3.05, 3.63) is 102 Å². The molecule has 3 heteroatoms. The van der Waals surface area contributed by atoms with Crippen LogP contribution in [0, 0.1) is 11.8 Å². The van der Waals surface area contributed by atoms with Crippen LogP contribution in [0.15, 0.2) is 85.4 Å². The van der Waals surface area contributed by atoms with Crippen LogP contribution in [0.5, 0.6) is 0 Å². The molecular weight excluding hydrogens is 354 g/mol. The van der Waals surface area contributed by atoms with Crippen molar-refractivity contribution in [1.29, 1.82) is 0 Å². The van der Waals surface area contributed by atoms with E-state index in [-0.39, 0.29) is 0 Å². The lowest BCUT2D eigenvalue weighted by Gasteiger charge is -2.38. The number of benzene rings is 3. The van der Waals surface area contributed by atoms with E-state index in [2.05, 4.69) is 58.6 Å². The topological polar surface area (TPSA) is 32.5 Å². The summed E-state index contributed by atoms with van der Waals surface area (Å²) in [6.45, 7) is 8.08. The maximum absolute atomic E-state index is 6.13. The van der Waals surface area contributed by atoms with Gasteiger partial charge in [0, 0.05) is 43.0 Å². The van der Waals surface area contributed by atoms with Gasteiger partial charge in [-0.15, -0.1) is 0 Å². The second-order valence-corrected chi connectivity index (χ2v) is 7.17. The summed E-state index contributed by atoms with van der Waals surface area (Å²) < 4.78 is 0. The second kappa shape index (κ2) is 8.58. The number of rotatable bonds is 3. The highest BCUT2D eigenvalue weighted by Gasteiger charge is 2.20. The molecular formula is C26H25N3. The van der Waals surface area contributed by atoms with E-state index in [0.29, 0.717) is 0 Å². The number of para-hydroxylation sites is 2. The highest BCUT2D eigenvalue weighted by atomic mass is 15.3. The van der Waals surface area contributed by atoms with Gasteiger partial charge in [-0.25, -0.2) is 0 Å². The quantitative estimate of drug-likeness (QED) is 0.539. The Bertz CT molecular complexity index is 1030. The molecule has 4 rings (SSSR count). The van der Waals surface area contributed by atoms with Crippen LogP contribution in [0.3, 0.4) is 0 Å². The molecule has 3 aromatic carbocycles. The third-order valence-electron chi connectivity index (χ3n) is 5.28. The van der Waals surface area contributed by atoms with Crippen molar-refractivity contribution in [3.8, 4) is 11.8 Å². The number of hydrogen-bond acceptors (Lipinski definition) is 3. The SMILES string of the molecule is C=C(c1ccc(C#Cc2ccccc2)cc1)N1CCN(c2ccccc2N)CC1. The number of piperazine rings is 1. The van der Waals surface area contributed by atoms with Crippen molar-refractivity contribution in [1.82, 2.24) is 4.90 Å². The van der Waals surface area contributed by atoms with Crippen molar-refractivity contribution < 1.29 is 0 Å². The molecule has 0 saturated carbocycles. The van der Waals surface area contributed by atoms with Crippen LogP contribution in [-0.2, 0) is 0 Å². The molecule has 0 bridgehead atoms. The third-order valence-corrected chi connectivity index (χ3v) is 5.28. The van der Waals surface area contributed by atoms with Gasteiger partial charge in [0.15, 0.2) is 0 Å². The molecule has 2 N–H and O–H groups in total. The summed E-state index contributed by atoms with van der Waals surface area (Å²) in [6.07, 6.45) is 0. The average Bonchev–Trinajstić information content (AvgIpc) is 2.79. The van der Waals surface area contributed by atoms with E-state index < -0.39 is 0 Å². The van der Waals surface area contributed by atoms with E-state index in [1.165, 1.54) is 0 Å². The average molecular weight is 380 g/mol. The number of nitrogen functional groups attached to an aromatic ring is 1. The van der Waals surface area contributed by atoms with Gasteiger partial charge in [-0.1, -0.05) is 60.9 Å². The van der Waals surface area contributed by atoms with Gasteiger partial charge in [-0.3, -0.25) is 0 Å². The molecule has 29 heavy (non-hydrogen) atoms. The highest BCUT2D eigenvalue weighted by molar-refractivity contribution is 5.68. The van der Waals surface area contributed by atoms with E-state index in [4.69, 9.17) is 5.73 Å². The minimum Gasteiger partial charge on any atom is -0.397 e. The zero-order valence-electron chi connectivity index (χ0n) is 16.5. The molecule has 0 radical (unpaired) electrons. The Labute approximate surface area is 173 Å². The third kappa shape index (κ3) is 4.44. The predicted molar refractivity (Wildman–Crippen MR) is 123 cm³/mol. The number of anilines is 2.